The Morgan fingerprint density at radius 2 is 1.20 bits per heavy atom. The number of fused-ring (bicyclic) bond motifs is 3. The van der Waals surface area contributed by atoms with E-state index >= 15 is 0 Å². The number of ether oxygens (including phenoxy) is 3. The minimum absolute atomic E-state index is 0.0497. The third-order valence-electron chi connectivity index (χ3n) is 6.90. The van der Waals surface area contributed by atoms with Crippen LogP contribution in [0.25, 0.3) is 32.7 Å². The van der Waals surface area contributed by atoms with Crippen LogP contribution in [0.2, 0.25) is 0 Å². The summed E-state index contributed by atoms with van der Waals surface area (Å²) in [6, 6.07) is 27.4. The largest absolute Gasteiger partial charge is 0.515 e. The fraction of sp³-hybridized carbons (Fsp3) is 0.275. The molecule has 0 radical (unpaired) electrons. The minimum Gasteiger partial charge on any atom is -0.443 e. The Labute approximate surface area is 290 Å². The number of aromatic nitrogens is 3. The maximum absolute atomic E-state index is 12.1. The van der Waals surface area contributed by atoms with Gasteiger partial charge in [-0.3, -0.25) is 9.59 Å². The second-order valence-electron chi connectivity index (χ2n) is 13.9. The maximum Gasteiger partial charge on any atom is 0.515 e. The summed E-state index contributed by atoms with van der Waals surface area (Å²) >= 11 is 0. The molecule has 1 N–H and O–H groups in total. The summed E-state index contributed by atoms with van der Waals surface area (Å²) in [6.45, 7) is 16.7. The van der Waals surface area contributed by atoms with Crippen LogP contribution in [0.15, 0.2) is 101 Å². The lowest BCUT2D eigenvalue weighted by atomic mass is 10.1. The number of nitrogens with one attached hydrogen (secondary N) is 1. The lowest BCUT2D eigenvalue weighted by Gasteiger charge is -2.20. The standard InChI is InChI=1S/2C15H17NO3.C10H9NO/c1-10-5-7-12-11(9-10)6-8-13(16-12)18-14(17)19-15(2,3)4;1-10-5-7-12-11(9-10)6-8-13(17)16(12)14(18)19-15(2,3)4;1-7-2-4-9-8(6-7)3-5-10(12)11-9/h2*5-9H,1-4H3;2-6H,1H3,(H,11,12). The molecule has 0 atom stereocenters. The van der Waals surface area contributed by atoms with E-state index in [-0.39, 0.29) is 17.0 Å². The molecule has 0 aliphatic carbocycles. The summed E-state index contributed by atoms with van der Waals surface area (Å²) in [5.74, 6) is 0.241. The van der Waals surface area contributed by atoms with Gasteiger partial charge in [-0.05, 0) is 128 Å². The van der Waals surface area contributed by atoms with Crippen molar-refractivity contribution in [2.45, 2.75) is 73.5 Å². The molecule has 0 saturated heterocycles. The van der Waals surface area contributed by atoms with Crippen molar-refractivity contribution in [3.05, 3.63) is 128 Å². The van der Waals surface area contributed by atoms with Crippen LogP contribution in [-0.2, 0) is 9.47 Å². The van der Waals surface area contributed by atoms with Gasteiger partial charge in [0.15, 0.2) is 0 Å². The molecule has 3 aromatic carbocycles. The van der Waals surface area contributed by atoms with Gasteiger partial charge < -0.3 is 19.2 Å². The van der Waals surface area contributed by atoms with Crippen molar-refractivity contribution in [3.63, 3.8) is 0 Å². The first-order valence-electron chi connectivity index (χ1n) is 16.1. The van der Waals surface area contributed by atoms with E-state index < -0.39 is 23.5 Å². The molecule has 3 aromatic heterocycles. The first-order chi connectivity index (χ1) is 23.4. The molecule has 0 aliphatic heterocycles. The van der Waals surface area contributed by atoms with Gasteiger partial charge in [0.1, 0.15) is 11.2 Å². The summed E-state index contributed by atoms with van der Waals surface area (Å²) in [4.78, 5) is 53.5. The summed E-state index contributed by atoms with van der Waals surface area (Å²) in [6.07, 6.45) is -1.39. The second kappa shape index (κ2) is 15.2. The number of carbonyl (C=O) groups excluding carboxylic acids is 2. The van der Waals surface area contributed by atoms with Crippen LogP contribution in [0, 0.1) is 20.8 Å². The summed E-state index contributed by atoms with van der Waals surface area (Å²) < 4.78 is 16.5. The number of hydrogen-bond donors (Lipinski definition) is 1. The Morgan fingerprint density at radius 1 is 0.640 bits per heavy atom. The Bertz CT molecular complexity index is 2290. The zero-order valence-corrected chi connectivity index (χ0v) is 29.9. The molecule has 0 aliphatic rings. The van der Waals surface area contributed by atoms with Gasteiger partial charge in [0.2, 0.25) is 11.4 Å². The molecule has 0 spiro atoms. The number of aryl methyl sites for hydroxylation is 3. The highest BCUT2D eigenvalue weighted by atomic mass is 16.7. The van der Waals surface area contributed by atoms with Gasteiger partial charge >= 0.3 is 12.2 Å². The number of pyridine rings is 3. The predicted molar refractivity (Wildman–Crippen MR) is 197 cm³/mol. The molecule has 10 nitrogen and oxygen atoms in total. The predicted octanol–water partition coefficient (Wildman–Crippen LogP) is 8.79. The molecular weight excluding hydrogens is 634 g/mol. The van der Waals surface area contributed by atoms with Crippen molar-refractivity contribution in [2.75, 3.05) is 0 Å². The average molecular weight is 678 g/mol. The number of hydrogen-bond acceptors (Lipinski definition) is 8. The molecule has 0 amide bonds. The number of aromatic amines is 1. The highest BCUT2D eigenvalue weighted by molar-refractivity contribution is 5.88. The summed E-state index contributed by atoms with van der Waals surface area (Å²) in [5, 5.41) is 2.93. The molecule has 260 valence electrons. The van der Waals surface area contributed by atoms with E-state index in [0.29, 0.717) is 5.52 Å². The smallest absolute Gasteiger partial charge is 0.443 e. The Balaban J connectivity index is 0.000000173. The fourth-order valence-electron chi connectivity index (χ4n) is 4.77. The summed E-state index contributed by atoms with van der Waals surface area (Å²) in [5.41, 5.74) is 4.03. The van der Waals surface area contributed by atoms with Crippen molar-refractivity contribution in [2.24, 2.45) is 0 Å². The molecule has 3 heterocycles. The van der Waals surface area contributed by atoms with E-state index in [1.165, 1.54) is 11.6 Å². The molecule has 50 heavy (non-hydrogen) atoms. The van der Waals surface area contributed by atoms with Gasteiger partial charge in [0, 0.05) is 29.1 Å². The highest BCUT2D eigenvalue weighted by Gasteiger charge is 2.20. The highest BCUT2D eigenvalue weighted by Crippen LogP contribution is 2.20. The van der Waals surface area contributed by atoms with Gasteiger partial charge in [0.25, 0.3) is 5.56 Å². The molecule has 10 heteroatoms. The Kier molecular flexibility index (Phi) is 11.3. The van der Waals surface area contributed by atoms with Crippen LogP contribution in [-0.4, -0.2) is 38.0 Å². The molecular formula is C40H43N3O7. The minimum atomic E-state index is -0.744. The first kappa shape index (κ1) is 37.1. The SMILES string of the molecule is Cc1ccc2[nH]c(=O)ccc2c1.Cc1ccc2c(ccc(=O)n2C(=O)OC(C)(C)C)c1.Cc1ccc2nc(OC(=O)OC(C)(C)C)ccc2c1. The molecule has 0 fully saturated rings. The zero-order valence-electron chi connectivity index (χ0n) is 29.9. The average Bonchev–Trinajstić information content (AvgIpc) is 3.00. The van der Waals surface area contributed by atoms with Crippen LogP contribution < -0.4 is 15.9 Å². The Hall–Kier alpha value is -5.77. The van der Waals surface area contributed by atoms with E-state index in [4.69, 9.17) is 14.2 Å². The van der Waals surface area contributed by atoms with Crippen molar-refractivity contribution in [1.29, 1.82) is 0 Å². The first-order valence-corrected chi connectivity index (χ1v) is 16.1. The fourth-order valence-corrected chi connectivity index (χ4v) is 4.77. The normalized spacial score (nSPS) is 11.2. The van der Waals surface area contributed by atoms with E-state index in [0.717, 1.165) is 42.9 Å². The van der Waals surface area contributed by atoms with Gasteiger partial charge in [-0.2, -0.15) is 0 Å². The van der Waals surface area contributed by atoms with Crippen LogP contribution >= 0.6 is 0 Å². The topological polar surface area (TPSA) is 130 Å². The Morgan fingerprint density at radius 3 is 1.86 bits per heavy atom. The van der Waals surface area contributed by atoms with Crippen LogP contribution in [0.3, 0.4) is 0 Å². The quantitative estimate of drug-likeness (QED) is 0.171. The zero-order chi connectivity index (χ0) is 36.8. The van der Waals surface area contributed by atoms with Crippen LogP contribution in [0.4, 0.5) is 9.59 Å². The van der Waals surface area contributed by atoms with Crippen LogP contribution in [0.5, 0.6) is 5.88 Å². The van der Waals surface area contributed by atoms with Crippen molar-refractivity contribution >= 4 is 45.0 Å². The third kappa shape index (κ3) is 10.6. The molecule has 0 unspecified atom stereocenters. The number of carbonyl (C=O) groups is 2. The molecule has 0 bridgehead atoms. The van der Waals surface area contributed by atoms with Crippen molar-refractivity contribution < 1.29 is 23.8 Å². The second-order valence-corrected chi connectivity index (χ2v) is 13.9. The lowest BCUT2D eigenvalue weighted by molar-refractivity contribution is 0.0197. The van der Waals surface area contributed by atoms with Gasteiger partial charge in [-0.25, -0.2) is 19.1 Å². The third-order valence-corrected chi connectivity index (χ3v) is 6.90. The van der Waals surface area contributed by atoms with Gasteiger partial charge in [0.05, 0.1) is 11.0 Å². The number of benzene rings is 3. The van der Waals surface area contributed by atoms with Gasteiger partial charge in [-0.15, -0.1) is 0 Å². The maximum atomic E-state index is 12.1. The van der Waals surface area contributed by atoms with Crippen molar-refractivity contribution in [3.8, 4) is 5.88 Å². The molecule has 6 rings (SSSR count). The van der Waals surface area contributed by atoms with E-state index in [1.54, 1.807) is 65.8 Å². The number of nitrogens with zero attached hydrogens (tertiary/aromatic N) is 2. The van der Waals surface area contributed by atoms with Gasteiger partial charge in [-0.1, -0.05) is 34.9 Å². The molecule has 6 aromatic rings. The monoisotopic (exact) mass is 677 g/mol. The van der Waals surface area contributed by atoms with E-state index in [2.05, 4.69) is 9.97 Å². The van der Waals surface area contributed by atoms with E-state index in [9.17, 15) is 19.2 Å². The van der Waals surface area contributed by atoms with Crippen molar-refractivity contribution in [1.82, 2.24) is 14.5 Å². The summed E-state index contributed by atoms with van der Waals surface area (Å²) in [7, 11) is 0. The molecule has 0 saturated carbocycles. The number of H-pyrrole nitrogens is 1. The lowest BCUT2D eigenvalue weighted by Crippen LogP contribution is -2.33. The van der Waals surface area contributed by atoms with Crippen LogP contribution in [0.1, 0.15) is 58.2 Å². The number of rotatable bonds is 1. The van der Waals surface area contributed by atoms with E-state index in [1.807, 2.05) is 81.4 Å².